The number of carbonyl (C=O) groups is 1. The minimum absolute atomic E-state index is 0.0213. The Kier molecular flexibility index (Phi) is 6.70. The Morgan fingerprint density at radius 2 is 2.22 bits per heavy atom. The SMILES string of the molecule is COCC(O)CN(C)C(=O)CSc1ccncc1. The van der Waals surface area contributed by atoms with Crippen LogP contribution in [0.3, 0.4) is 0 Å². The minimum Gasteiger partial charge on any atom is -0.389 e. The molecule has 1 aromatic rings. The molecule has 1 atom stereocenters. The van der Waals surface area contributed by atoms with Crippen LogP contribution in [0.15, 0.2) is 29.4 Å². The zero-order valence-corrected chi connectivity index (χ0v) is 11.4. The smallest absolute Gasteiger partial charge is 0.232 e. The lowest BCUT2D eigenvalue weighted by Crippen LogP contribution is -2.37. The summed E-state index contributed by atoms with van der Waals surface area (Å²) in [5.74, 6) is 0.326. The molecular formula is C12H18N2O3S. The molecule has 5 nitrogen and oxygen atoms in total. The number of likely N-dealkylation sites (N-methyl/N-ethyl adjacent to an activating group) is 1. The van der Waals surface area contributed by atoms with E-state index >= 15 is 0 Å². The van der Waals surface area contributed by atoms with Gasteiger partial charge in [-0.15, -0.1) is 11.8 Å². The quantitative estimate of drug-likeness (QED) is 0.737. The first-order valence-electron chi connectivity index (χ1n) is 5.57. The lowest BCUT2D eigenvalue weighted by molar-refractivity contribution is -0.128. The molecule has 0 radical (unpaired) electrons. The standard InChI is InChI=1S/C12H18N2O3S/c1-14(7-10(15)8-17-2)12(16)9-18-11-3-5-13-6-4-11/h3-6,10,15H,7-9H2,1-2H3. The van der Waals surface area contributed by atoms with Crippen LogP contribution in [0.2, 0.25) is 0 Å². The van der Waals surface area contributed by atoms with Gasteiger partial charge in [-0.3, -0.25) is 9.78 Å². The van der Waals surface area contributed by atoms with E-state index in [4.69, 9.17) is 4.74 Å². The van der Waals surface area contributed by atoms with Crippen molar-refractivity contribution in [1.82, 2.24) is 9.88 Å². The second-order valence-electron chi connectivity index (χ2n) is 3.86. The van der Waals surface area contributed by atoms with Crippen molar-refractivity contribution < 1.29 is 14.6 Å². The van der Waals surface area contributed by atoms with Gasteiger partial charge in [0.15, 0.2) is 0 Å². The van der Waals surface area contributed by atoms with E-state index in [1.807, 2.05) is 12.1 Å². The van der Waals surface area contributed by atoms with Crippen molar-refractivity contribution in [3.05, 3.63) is 24.5 Å². The van der Waals surface area contributed by atoms with Crippen molar-refractivity contribution in [2.45, 2.75) is 11.0 Å². The van der Waals surface area contributed by atoms with Gasteiger partial charge in [-0.05, 0) is 12.1 Å². The van der Waals surface area contributed by atoms with Crippen molar-refractivity contribution in [2.24, 2.45) is 0 Å². The Bertz CT molecular complexity index is 362. The first-order valence-corrected chi connectivity index (χ1v) is 6.56. The van der Waals surface area contributed by atoms with Crippen molar-refractivity contribution in [1.29, 1.82) is 0 Å². The zero-order valence-electron chi connectivity index (χ0n) is 10.6. The Morgan fingerprint density at radius 3 is 2.83 bits per heavy atom. The first-order chi connectivity index (χ1) is 8.63. The normalized spacial score (nSPS) is 12.2. The highest BCUT2D eigenvalue weighted by Gasteiger charge is 2.13. The van der Waals surface area contributed by atoms with Gasteiger partial charge in [-0.2, -0.15) is 0 Å². The van der Waals surface area contributed by atoms with Crippen LogP contribution in [0.1, 0.15) is 0 Å². The van der Waals surface area contributed by atoms with Gasteiger partial charge in [-0.1, -0.05) is 0 Å². The van der Waals surface area contributed by atoms with E-state index in [0.717, 1.165) is 4.90 Å². The van der Waals surface area contributed by atoms with Gasteiger partial charge < -0.3 is 14.7 Å². The average molecular weight is 270 g/mol. The van der Waals surface area contributed by atoms with Gasteiger partial charge in [0, 0.05) is 38.0 Å². The molecule has 1 unspecified atom stereocenters. The Hall–Kier alpha value is -1.11. The lowest BCUT2D eigenvalue weighted by atomic mass is 10.3. The number of aliphatic hydroxyl groups excluding tert-OH is 1. The van der Waals surface area contributed by atoms with Gasteiger partial charge >= 0.3 is 0 Å². The van der Waals surface area contributed by atoms with E-state index < -0.39 is 6.10 Å². The van der Waals surface area contributed by atoms with Crippen molar-refractivity contribution in [3.8, 4) is 0 Å². The number of pyridine rings is 1. The molecule has 1 rings (SSSR count). The van der Waals surface area contributed by atoms with Gasteiger partial charge in [0.2, 0.25) is 5.91 Å². The second-order valence-corrected chi connectivity index (χ2v) is 4.90. The maximum Gasteiger partial charge on any atom is 0.232 e. The predicted octanol–water partition coefficient (Wildman–Crippen LogP) is 0.639. The minimum atomic E-state index is -0.644. The van der Waals surface area contributed by atoms with E-state index in [-0.39, 0.29) is 19.1 Å². The molecule has 0 fully saturated rings. The van der Waals surface area contributed by atoms with Crippen LogP contribution < -0.4 is 0 Å². The molecule has 0 aromatic carbocycles. The number of amides is 1. The highest BCUT2D eigenvalue weighted by Crippen LogP contribution is 2.16. The topological polar surface area (TPSA) is 62.7 Å². The molecule has 0 saturated carbocycles. The number of methoxy groups -OCH3 is 1. The Labute approximate surface area is 111 Å². The van der Waals surface area contributed by atoms with Crippen LogP contribution in [0, 0.1) is 0 Å². The fraction of sp³-hybridized carbons (Fsp3) is 0.500. The third-order valence-corrected chi connectivity index (χ3v) is 3.28. The van der Waals surface area contributed by atoms with Gasteiger partial charge in [0.25, 0.3) is 0 Å². The molecule has 1 aromatic heterocycles. The molecule has 0 aliphatic heterocycles. The summed E-state index contributed by atoms with van der Waals surface area (Å²) < 4.78 is 4.81. The summed E-state index contributed by atoms with van der Waals surface area (Å²) in [6.07, 6.45) is 2.74. The molecule has 1 heterocycles. The number of aliphatic hydroxyl groups is 1. The van der Waals surface area contributed by atoms with Gasteiger partial charge in [0.05, 0.1) is 18.5 Å². The monoisotopic (exact) mass is 270 g/mol. The second kappa shape index (κ2) is 8.07. The molecule has 6 heteroatoms. The largest absolute Gasteiger partial charge is 0.389 e. The molecular weight excluding hydrogens is 252 g/mol. The summed E-state index contributed by atoms with van der Waals surface area (Å²) >= 11 is 1.45. The molecule has 18 heavy (non-hydrogen) atoms. The molecule has 0 spiro atoms. The maximum atomic E-state index is 11.8. The first kappa shape index (κ1) is 14.9. The predicted molar refractivity (Wildman–Crippen MR) is 70.5 cm³/mol. The van der Waals surface area contributed by atoms with Gasteiger partial charge in [0.1, 0.15) is 0 Å². The van der Waals surface area contributed by atoms with Crippen LogP contribution in [0.5, 0.6) is 0 Å². The summed E-state index contributed by atoms with van der Waals surface area (Å²) in [5, 5.41) is 9.52. The number of rotatable bonds is 7. The summed E-state index contributed by atoms with van der Waals surface area (Å²) in [4.78, 5) is 18.2. The Balaban J connectivity index is 2.32. The molecule has 1 amide bonds. The van der Waals surface area contributed by atoms with Crippen molar-refractivity contribution in [2.75, 3.05) is 33.1 Å². The number of hydrogen-bond acceptors (Lipinski definition) is 5. The lowest BCUT2D eigenvalue weighted by Gasteiger charge is -2.20. The molecule has 1 N–H and O–H groups in total. The van der Waals surface area contributed by atoms with E-state index in [1.165, 1.54) is 23.8 Å². The van der Waals surface area contributed by atoms with E-state index in [1.54, 1.807) is 19.4 Å². The molecule has 0 bridgehead atoms. The van der Waals surface area contributed by atoms with Crippen LogP contribution in [-0.2, 0) is 9.53 Å². The van der Waals surface area contributed by atoms with E-state index in [0.29, 0.717) is 5.75 Å². The summed E-state index contributed by atoms with van der Waals surface area (Å²) in [6.45, 7) is 0.513. The van der Waals surface area contributed by atoms with Crippen LogP contribution >= 0.6 is 11.8 Å². The number of carbonyl (C=O) groups excluding carboxylic acids is 1. The summed E-state index contributed by atoms with van der Waals surface area (Å²) in [7, 11) is 3.19. The Morgan fingerprint density at radius 1 is 1.56 bits per heavy atom. The average Bonchev–Trinajstić information content (AvgIpc) is 2.37. The highest BCUT2D eigenvalue weighted by atomic mass is 32.2. The maximum absolute atomic E-state index is 11.8. The number of hydrogen-bond donors (Lipinski definition) is 1. The summed E-state index contributed by atoms with van der Waals surface area (Å²) in [5.41, 5.74) is 0. The fourth-order valence-electron chi connectivity index (χ4n) is 1.35. The fourth-order valence-corrected chi connectivity index (χ4v) is 2.18. The molecule has 0 aliphatic carbocycles. The van der Waals surface area contributed by atoms with Crippen LogP contribution in [-0.4, -0.2) is 60.1 Å². The highest BCUT2D eigenvalue weighted by molar-refractivity contribution is 8.00. The van der Waals surface area contributed by atoms with E-state index in [9.17, 15) is 9.90 Å². The van der Waals surface area contributed by atoms with Crippen molar-refractivity contribution in [3.63, 3.8) is 0 Å². The number of thioether (sulfide) groups is 1. The van der Waals surface area contributed by atoms with Crippen molar-refractivity contribution >= 4 is 17.7 Å². The molecule has 0 saturated heterocycles. The molecule has 0 aliphatic rings. The molecule has 100 valence electrons. The number of ether oxygens (including phenoxy) is 1. The van der Waals surface area contributed by atoms with Crippen LogP contribution in [0.4, 0.5) is 0 Å². The van der Waals surface area contributed by atoms with Crippen LogP contribution in [0.25, 0.3) is 0 Å². The number of nitrogens with zero attached hydrogens (tertiary/aromatic N) is 2. The third kappa shape index (κ3) is 5.48. The van der Waals surface area contributed by atoms with Gasteiger partial charge in [-0.25, -0.2) is 0 Å². The van der Waals surface area contributed by atoms with E-state index in [2.05, 4.69) is 4.98 Å². The summed E-state index contributed by atoms with van der Waals surface area (Å²) in [6, 6.07) is 3.72. The third-order valence-electron chi connectivity index (χ3n) is 2.28. The number of aromatic nitrogens is 1. The zero-order chi connectivity index (χ0) is 13.4.